The van der Waals surface area contributed by atoms with Gasteiger partial charge in [-0.15, -0.1) is 12.4 Å². The molecule has 0 bridgehead atoms. The molecule has 1 aromatic carbocycles. The van der Waals surface area contributed by atoms with E-state index in [4.69, 9.17) is 16.3 Å². The summed E-state index contributed by atoms with van der Waals surface area (Å²) in [4.78, 5) is 14.6. The van der Waals surface area contributed by atoms with Gasteiger partial charge in [-0.2, -0.15) is 0 Å². The Kier molecular flexibility index (Phi) is 6.57. The van der Waals surface area contributed by atoms with Crippen molar-refractivity contribution in [2.75, 3.05) is 26.7 Å². The molecular weight excluding hydrogens is 335 g/mol. The van der Waals surface area contributed by atoms with Crippen molar-refractivity contribution in [2.45, 2.75) is 31.7 Å². The number of methoxy groups -OCH3 is 1. The van der Waals surface area contributed by atoms with Crippen molar-refractivity contribution in [1.29, 1.82) is 0 Å². The first kappa shape index (κ1) is 18.4. The van der Waals surface area contributed by atoms with Crippen molar-refractivity contribution in [1.82, 2.24) is 10.2 Å². The molecule has 1 aromatic rings. The Morgan fingerprint density at radius 1 is 1.30 bits per heavy atom. The highest BCUT2D eigenvalue weighted by Gasteiger charge is 2.30. The maximum absolute atomic E-state index is 12.7. The lowest BCUT2D eigenvalue weighted by atomic mass is 9.88. The Balaban J connectivity index is 0.00000192. The predicted molar refractivity (Wildman–Crippen MR) is 94.9 cm³/mol. The highest BCUT2D eigenvalue weighted by Crippen LogP contribution is 2.29. The van der Waals surface area contributed by atoms with Gasteiger partial charge in [0.05, 0.1) is 12.7 Å². The van der Waals surface area contributed by atoms with Crippen LogP contribution >= 0.6 is 24.0 Å². The largest absolute Gasteiger partial charge is 0.496 e. The number of nitrogens with one attached hydrogen (secondary N) is 1. The molecule has 6 heteroatoms. The minimum absolute atomic E-state index is 0. The molecule has 0 saturated carbocycles. The Labute approximate surface area is 148 Å². The summed E-state index contributed by atoms with van der Waals surface area (Å²) in [7, 11) is 1.57. The number of carbonyl (C=O) groups excluding carboxylic acids is 1. The van der Waals surface area contributed by atoms with Gasteiger partial charge in [-0.05, 0) is 56.3 Å². The molecule has 4 nitrogen and oxygen atoms in total. The number of likely N-dealkylation sites (tertiary alicyclic amines) is 1. The number of nitrogens with zero attached hydrogens (tertiary/aromatic N) is 1. The van der Waals surface area contributed by atoms with Crippen LogP contribution in [0.3, 0.4) is 0 Å². The highest BCUT2D eigenvalue weighted by atomic mass is 35.5. The molecule has 2 aliphatic rings. The molecule has 0 spiro atoms. The van der Waals surface area contributed by atoms with E-state index < -0.39 is 0 Å². The number of carbonyl (C=O) groups is 1. The maximum atomic E-state index is 12.7. The van der Waals surface area contributed by atoms with Gasteiger partial charge in [-0.1, -0.05) is 11.6 Å². The van der Waals surface area contributed by atoms with Gasteiger partial charge in [0.1, 0.15) is 5.75 Å². The number of benzene rings is 1. The van der Waals surface area contributed by atoms with E-state index in [1.165, 1.54) is 12.8 Å². The number of hydrogen-bond donors (Lipinski definition) is 1. The Hall–Kier alpha value is -0.970. The average molecular weight is 359 g/mol. The second-order valence-electron chi connectivity index (χ2n) is 6.18. The number of hydrogen-bond acceptors (Lipinski definition) is 3. The first-order valence-electron chi connectivity index (χ1n) is 8.05. The molecule has 0 radical (unpaired) electrons. The second kappa shape index (κ2) is 8.22. The van der Waals surface area contributed by atoms with Crippen LogP contribution in [0, 0.1) is 5.92 Å². The van der Waals surface area contributed by atoms with Gasteiger partial charge in [0.25, 0.3) is 5.91 Å². The van der Waals surface area contributed by atoms with Crippen molar-refractivity contribution < 1.29 is 9.53 Å². The Bertz CT molecular complexity index is 539. The summed E-state index contributed by atoms with van der Waals surface area (Å²) in [5.41, 5.74) is 0.601. The molecular formula is C17H24Cl2N2O2. The highest BCUT2D eigenvalue weighted by molar-refractivity contribution is 6.30. The molecule has 2 fully saturated rings. The van der Waals surface area contributed by atoms with Crippen molar-refractivity contribution in [2.24, 2.45) is 5.92 Å². The molecule has 1 N–H and O–H groups in total. The van der Waals surface area contributed by atoms with Gasteiger partial charge in [0, 0.05) is 24.2 Å². The van der Waals surface area contributed by atoms with Crippen LogP contribution in [0.4, 0.5) is 0 Å². The topological polar surface area (TPSA) is 41.6 Å². The smallest absolute Gasteiger partial charge is 0.257 e. The minimum Gasteiger partial charge on any atom is -0.496 e. The molecule has 2 aliphatic heterocycles. The molecule has 2 saturated heterocycles. The number of ether oxygens (including phenoxy) is 1. The third kappa shape index (κ3) is 4.11. The monoisotopic (exact) mass is 358 g/mol. The fourth-order valence-corrected chi connectivity index (χ4v) is 3.79. The summed E-state index contributed by atoms with van der Waals surface area (Å²) in [6.07, 6.45) is 4.73. The van der Waals surface area contributed by atoms with E-state index in [1.54, 1.807) is 25.3 Å². The van der Waals surface area contributed by atoms with Gasteiger partial charge >= 0.3 is 0 Å². The van der Waals surface area contributed by atoms with Crippen LogP contribution in [-0.4, -0.2) is 43.6 Å². The summed E-state index contributed by atoms with van der Waals surface area (Å²) >= 11 is 5.97. The fraction of sp³-hybridized carbons (Fsp3) is 0.588. The van der Waals surface area contributed by atoms with E-state index in [0.717, 1.165) is 32.5 Å². The predicted octanol–water partition coefficient (Wildman–Crippen LogP) is 3.37. The van der Waals surface area contributed by atoms with E-state index in [9.17, 15) is 4.79 Å². The zero-order chi connectivity index (χ0) is 15.5. The summed E-state index contributed by atoms with van der Waals surface area (Å²) in [6, 6.07) is 5.85. The van der Waals surface area contributed by atoms with Gasteiger partial charge < -0.3 is 15.0 Å². The minimum atomic E-state index is 0. The molecule has 128 valence electrons. The van der Waals surface area contributed by atoms with Crippen LogP contribution < -0.4 is 10.1 Å². The molecule has 3 rings (SSSR count). The van der Waals surface area contributed by atoms with E-state index in [2.05, 4.69) is 5.32 Å². The van der Waals surface area contributed by atoms with Crippen molar-refractivity contribution in [3.05, 3.63) is 28.8 Å². The van der Waals surface area contributed by atoms with Gasteiger partial charge in [-0.3, -0.25) is 4.79 Å². The zero-order valence-electron chi connectivity index (χ0n) is 13.4. The van der Waals surface area contributed by atoms with Crippen molar-refractivity contribution in [3.8, 4) is 5.75 Å². The van der Waals surface area contributed by atoms with Crippen LogP contribution in [0.1, 0.15) is 36.0 Å². The van der Waals surface area contributed by atoms with Crippen LogP contribution in [0.15, 0.2) is 18.2 Å². The molecule has 23 heavy (non-hydrogen) atoms. The Morgan fingerprint density at radius 2 is 2.04 bits per heavy atom. The fourth-order valence-electron chi connectivity index (χ4n) is 3.63. The first-order chi connectivity index (χ1) is 10.7. The normalized spacial score (nSPS) is 21.8. The standard InChI is InChI=1S/C17H23ClN2O2.ClH/c1-22-16-11-13(18)4-5-14(16)17(21)20-9-6-12(7-10-20)15-3-2-8-19-15;/h4-5,11-12,15,19H,2-3,6-10H2,1H3;1H. The van der Waals surface area contributed by atoms with Crippen LogP contribution in [0.25, 0.3) is 0 Å². The van der Waals surface area contributed by atoms with E-state index in [0.29, 0.717) is 28.3 Å². The first-order valence-corrected chi connectivity index (χ1v) is 8.43. The Morgan fingerprint density at radius 3 is 2.65 bits per heavy atom. The lowest BCUT2D eigenvalue weighted by Crippen LogP contribution is -2.43. The van der Waals surface area contributed by atoms with E-state index >= 15 is 0 Å². The van der Waals surface area contributed by atoms with Gasteiger partial charge in [0.15, 0.2) is 0 Å². The number of piperidine rings is 1. The van der Waals surface area contributed by atoms with Gasteiger partial charge in [0.2, 0.25) is 0 Å². The number of amides is 1. The van der Waals surface area contributed by atoms with Crippen molar-refractivity contribution >= 4 is 29.9 Å². The lowest BCUT2D eigenvalue weighted by molar-refractivity contribution is 0.0671. The van der Waals surface area contributed by atoms with Crippen LogP contribution in [-0.2, 0) is 0 Å². The summed E-state index contributed by atoms with van der Waals surface area (Å²) in [6.45, 7) is 2.80. The molecule has 1 atom stereocenters. The van der Waals surface area contributed by atoms with Gasteiger partial charge in [-0.25, -0.2) is 0 Å². The molecule has 0 aromatic heterocycles. The second-order valence-corrected chi connectivity index (χ2v) is 6.61. The van der Waals surface area contributed by atoms with Crippen LogP contribution in [0.5, 0.6) is 5.75 Å². The quantitative estimate of drug-likeness (QED) is 0.900. The molecule has 2 heterocycles. The van der Waals surface area contributed by atoms with E-state index in [-0.39, 0.29) is 18.3 Å². The van der Waals surface area contributed by atoms with Crippen LogP contribution in [0.2, 0.25) is 5.02 Å². The third-order valence-corrected chi connectivity index (χ3v) is 5.12. The molecule has 0 aliphatic carbocycles. The SMILES string of the molecule is COc1cc(Cl)ccc1C(=O)N1CCC(C2CCCN2)CC1.Cl. The van der Waals surface area contributed by atoms with Crippen molar-refractivity contribution in [3.63, 3.8) is 0 Å². The number of rotatable bonds is 3. The summed E-state index contributed by atoms with van der Waals surface area (Å²) < 4.78 is 5.30. The molecule has 1 amide bonds. The lowest BCUT2D eigenvalue weighted by Gasteiger charge is -2.35. The molecule has 1 unspecified atom stereocenters. The maximum Gasteiger partial charge on any atom is 0.257 e. The average Bonchev–Trinajstić information content (AvgIpc) is 3.08. The third-order valence-electron chi connectivity index (χ3n) is 4.89. The summed E-state index contributed by atoms with van der Waals surface area (Å²) in [5, 5.41) is 4.17. The van der Waals surface area contributed by atoms with E-state index in [1.807, 2.05) is 4.90 Å². The zero-order valence-corrected chi connectivity index (χ0v) is 15.0. The number of halogens is 2. The summed E-state index contributed by atoms with van der Waals surface area (Å²) in [5.74, 6) is 1.31.